The molecule has 1 amide bonds. The molecule has 1 aliphatic carbocycles. The first-order chi connectivity index (χ1) is 14.9. The van der Waals surface area contributed by atoms with E-state index in [1.54, 1.807) is 24.3 Å². The summed E-state index contributed by atoms with van der Waals surface area (Å²) in [5.41, 5.74) is 2.86. The quantitative estimate of drug-likeness (QED) is 0.450. The number of nitrogens with one attached hydrogen (secondary N) is 2. The van der Waals surface area contributed by atoms with Gasteiger partial charge in [-0.25, -0.2) is 0 Å². The number of H-pyrrole nitrogens is 1. The van der Waals surface area contributed by atoms with Gasteiger partial charge in [-0.2, -0.15) is 0 Å². The number of hydrogen-bond donors (Lipinski definition) is 3. The second-order valence-electron chi connectivity index (χ2n) is 8.07. The number of carbonyl (C=O) groups is 1. The number of aliphatic hydroxyl groups is 1. The summed E-state index contributed by atoms with van der Waals surface area (Å²) in [4.78, 5) is 27.8. The van der Waals surface area contributed by atoms with Crippen LogP contribution in [0.4, 0.5) is 0 Å². The molecule has 1 aliphatic rings. The van der Waals surface area contributed by atoms with Crippen molar-refractivity contribution in [3.63, 3.8) is 0 Å². The third-order valence-corrected chi connectivity index (χ3v) is 6.44. The van der Waals surface area contributed by atoms with Gasteiger partial charge in [-0.05, 0) is 66.0 Å². The normalized spacial score (nSPS) is 14.7. The summed E-state index contributed by atoms with van der Waals surface area (Å²) in [5, 5.41) is 14.1. The first kappa shape index (κ1) is 21.5. The fraction of sp³-hybridized carbons (Fsp3) is 0.292. The van der Waals surface area contributed by atoms with Gasteiger partial charge < -0.3 is 15.4 Å². The van der Waals surface area contributed by atoms with Gasteiger partial charge >= 0.3 is 0 Å². The van der Waals surface area contributed by atoms with Crippen molar-refractivity contribution in [3.05, 3.63) is 80.6 Å². The zero-order valence-electron chi connectivity index (χ0n) is 16.9. The van der Waals surface area contributed by atoms with Crippen LogP contribution in [0.1, 0.15) is 40.7 Å². The molecule has 3 aromatic rings. The van der Waals surface area contributed by atoms with Gasteiger partial charge in [0.05, 0.1) is 0 Å². The lowest BCUT2D eigenvalue weighted by Crippen LogP contribution is -2.41. The summed E-state index contributed by atoms with van der Waals surface area (Å²) in [6, 6.07) is 13.1. The number of pyridine rings is 1. The highest BCUT2D eigenvalue weighted by atomic mass is 35.5. The van der Waals surface area contributed by atoms with Crippen molar-refractivity contribution >= 4 is 45.7 Å². The number of hydrogen-bond acceptors (Lipinski definition) is 3. The van der Waals surface area contributed by atoms with Crippen LogP contribution in [0.15, 0.2) is 53.3 Å². The third kappa shape index (κ3) is 4.97. The van der Waals surface area contributed by atoms with Crippen LogP contribution < -0.4 is 10.9 Å². The Balaban J connectivity index is 1.65. The number of fused-ring (bicyclic) bond motifs is 1. The van der Waals surface area contributed by atoms with Crippen molar-refractivity contribution in [1.82, 2.24) is 10.3 Å². The lowest BCUT2D eigenvalue weighted by Gasteiger charge is -2.26. The minimum atomic E-state index is -0.806. The minimum absolute atomic E-state index is 0.219. The van der Waals surface area contributed by atoms with E-state index in [2.05, 4.69) is 16.4 Å². The molecule has 0 radical (unpaired) electrons. The molecule has 0 bridgehead atoms. The van der Waals surface area contributed by atoms with Crippen LogP contribution in [0.2, 0.25) is 5.02 Å². The molecule has 0 saturated heterocycles. The molecule has 1 atom stereocenters. The number of aliphatic hydroxyl groups excluding tert-OH is 1. The van der Waals surface area contributed by atoms with E-state index in [1.165, 1.54) is 30.9 Å². The third-order valence-electron chi connectivity index (χ3n) is 5.90. The minimum Gasteiger partial charge on any atom is -0.500 e. The van der Waals surface area contributed by atoms with E-state index in [0.29, 0.717) is 16.5 Å². The highest BCUT2D eigenvalue weighted by Gasteiger charge is 2.23. The molecule has 1 unspecified atom stereocenters. The molecule has 3 N–H and O–H groups in total. The summed E-state index contributed by atoms with van der Waals surface area (Å²) in [7, 11) is 0. The monoisotopic (exact) mass is 454 g/mol. The average molecular weight is 455 g/mol. The van der Waals surface area contributed by atoms with Crippen molar-refractivity contribution < 1.29 is 9.90 Å². The zero-order chi connectivity index (χ0) is 22.0. The molecule has 1 aromatic heterocycles. The molecule has 160 valence electrons. The Labute approximate surface area is 190 Å². The lowest BCUT2D eigenvalue weighted by molar-refractivity contribution is 0.0944. The molecule has 2 aromatic carbocycles. The standard InChI is InChI=1S/C24H23ClN2O3S/c25-18-9-7-15(8-10-18)23(29)27-20(24(30)31)12-17-13-21(28)26-19-6-2-5-16(22(17)19)11-14-3-1-4-14/h2,5-10,13-14,20H,1,3-4,11-12H2,(H,26,28)(H,27,29)(H,30,31). The summed E-state index contributed by atoms with van der Waals surface area (Å²) in [6.07, 6.45) is 4.86. The maximum absolute atomic E-state index is 12.7. The molecular weight excluding hydrogens is 432 g/mol. The Morgan fingerprint density at radius 1 is 1.19 bits per heavy atom. The molecule has 4 rings (SSSR count). The van der Waals surface area contributed by atoms with Crippen molar-refractivity contribution in [2.75, 3.05) is 0 Å². The van der Waals surface area contributed by atoms with Gasteiger partial charge in [0.1, 0.15) is 6.04 Å². The Morgan fingerprint density at radius 3 is 2.58 bits per heavy atom. The molecule has 31 heavy (non-hydrogen) atoms. The fourth-order valence-electron chi connectivity index (χ4n) is 4.08. The van der Waals surface area contributed by atoms with E-state index in [0.717, 1.165) is 22.9 Å². The number of amides is 1. The van der Waals surface area contributed by atoms with E-state index in [-0.39, 0.29) is 22.9 Å². The van der Waals surface area contributed by atoms with E-state index in [4.69, 9.17) is 23.8 Å². The predicted octanol–water partition coefficient (Wildman–Crippen LogP) is 4.75. The SMILES string of the molecule is O=C(NC(Cc1cc(=O)[nH]c2cccc(CC3CCC3)c12)C(O)=S)c1ccc(Cl)cc1. The number of benzene rings is 2. The highest BCUT2D eigenvalue weighted by molar-refractivity contribution is 7.80. The van der Waals surface area contributed by atoms with Gasteiger partial charge in [-0.3, -0.25) is 9.59 Å². The molecular formula is C24H23ClN2O3S. The number of rotatable bonds is 7. The average Bonchev–Trinajstić information content (AvgIpc) is 2.70. The Morgan fingerprint density at radius 2 is 1.94 bits per heavy atom. The van der Waals surface area contributed by atoms with E-state index in [1.807, 2.05) is 12.1 Å². The molecule has 0 aliphatic heterocycles. The zero-order valence-corrected chi connectivity index (χ0v) is 18.4. The topological polar surface area (TPSA) is 82.2 Å². The Hall–Kier alpha value is -2.70. The molecule has 1 saturated carbocycles. The van der Waals surface area contributed by atoms with Crippen molar-refractivity contribution in [1.29, 1.82) is 0 Å². The fourth-order valence-corrected chi connectivity index (χ4v) is 4.35. The maximum atomic E-state index is 12.7. The van der Waals surface area contributed by atoms with Gasteiger partial charge in [-0.15, -0.1) is 0 Å². The van der Waals surface area contributed by atoms with Crippen LogP contribution in [0.25, 0.3) is 10.9 Å². The summed E-state index contributed by atoms with van der Waals surface area (Å²) >= 11 is 10.9. The first-order valence-corrected chi connectivity index (χ1v) is 11.1. The summed E-state index contributed by atoms with van der Waals surface area (Å²) in [6.45, 7) is 0. The molecule has 5 nitrogen and oxygen atoms in total. The lowest BCUT2D eigenvalue weighted by atomic mass is 9.80. The first-order valence-electron chi connectivity index (χ1n) is 10.3. The van der Waals surface area contributed by atoms with Crippen LogP contribution in [-0.4, -0.2) is 27.1 Å². The van der Waals surface area contributed by atoms with Gasteiger partial charge in [0.25, 0.3) is 5.91 Å². The van der Waals surface area contributed by atoms with Gasteiger partial charge in [0.15, 0.2) is 5.05 Å². The number of aromatic amines is 1. The Bertz CT molecular complexity index is 1190. The van der Waals surface area contributed by atoms with E-state index < -0.39 is 6.04 Å². The number of halogens is 1. The van der Waals surface area contributed by atoms with Gasteiger partial charge in [0.2, 0.25) is 5.56 Å². The molecule has 1 heterocycles. The van der Waals surface area contributed by atoms with Crippen molar-refractivity contribution in [3.8, 4) is 0 Å². The second-order valence-corrected chi connectivity index (χ2v) is 8.93. The highest BCUT2D eigenvalue weighted by Crippen LogP contribution is 2.32. The van der Waals surface area contributed by atoms with Crippen LogP contribution in [0.3, 0.4) is 0 Å². The van der Waals surface area contributed by atoms with Crippen LogP contribution in [0.5, 0.6) is 0 Å². The summed E-state index contributed by atoms with van der Waals surface area (Å²) < 4.78 is 0. The van der Waals surface area contributed by atoms with Crippen molar-refractivity contribution in [2.45, 2.75) is 38.1 Å². The molecule has 1 fully saturated rings. The largest absolute Gasteiger partial charge is 0.500 e. The number of carbonyl (C=O) groups excluding carboxylic acids is 1. The van der Waals surface area contributed by atoms with Gasteiger partial charge in [-0.1, -0.05) is 43.0 Å². The van der Waals surface area contributed by atoms with Crippen LogP contribution in [0, 0.1) is 5.92 Å². The molecule has 7 heteroatoms. The van der Waals surface area contributed by atoms with E-state index in [9.17, 15) is 14.7 Å². The van der Waals surface area contributed by atoms with E-state index >= 15 is 0 Å². The van der Waals surface area contributed by atoms with Gasteiger partial charge in [0, 0.05) is 34.0 Å². The maximum Gasteiger partial charge on any atom is 0.251 e. The van der Waals surface area contributed by atoms with Crippen LogP contribution >= 0.6 is 23.8 Å². The number of aromatic nitrogens is 1. The summed E-state index contributed by atoms with van der Waals surface area (Å²) in [5.74, 6) is 0.284. The smallest absolute Gasteiger partial charge is 0.251 e. The second kappa shape index (κ2) is 9.20. The Kier molecular flexibility index (Phi) is 6.39. The number of thiocarbonyl (C=S) groups is 1. The van der Waals surface area contributed by atoms with Crippen molar-refractivity contribution in [2.24, 2.45) is 5.92 Å². The van der Waals surface area contributed by atoms with Crippen LogP contribution in [-0.2, 0) is 12.8 Å². The molecule has 0 spiro atoms. The predicted molar refractivity (Wildman–Crippen MR) is 127 cm³/mol.